The molecule has 1 aromatic rings. The van der Waals surface area contributed by atoms with Crippen molar-refractivity contribution in [2.75, 3.05) is 20.2 Å². The summed E-state index contributed by atoms with van der Waals surface area (Å²) in [4.78, 5) is 40.8. The number of nitrogens with zero attached hydrogens (tertiary/aromatic N) is 2. The minimum Gasteiger partial charge on any atom is -0.456 e. The summed E-state index contributed by atoms with van der Waals surface area (Å²) in [5, 5.41) is 3.19. The standard InChI is InChI=1S/C19H20FN3O4/c1-3-8-23-16-15(17(24)22(2)19(23)26)13(10-4-6-11(20)7-5-10)14-12(21-16)9-27-18(14)25/h4-7,13,15-16,21H,3,8-9H2,1-2H3. The van der Waals surface area contributed by atoms with Crippen LogP contribution >= 0.6 is 0 Å². The fraction of sp³-hybridized carbons (Fsp3) is 0.421. The Morgan fingerprint density at radius 3 is 2.59 bits per heavy atom. The van der Waals surface area contributed by atoms with Crippen LogP contribution in [0.5, 0.6) is 0 Å². The molecule has 0 saturated carbocycles. The lowest BCUT2D eigenvalue weighted by molar-refractivity contribution is -0.140. The molecule has 3 heterocycles. The maximum absolute atomic E-state index is 13.4. The number of ether oxygens (including phenoxy) is 1. The second kappa shape index (κ2) is 6.37. The molecule has 3 atom stereocenters. The van der Waals surface area contributed by atoms with Gasteiger partial charge >= 0.3 is 12.0 Å². The first kappa shape index (κ1) is 17.5. The first-order valence-corrected chi connectivity index (χ1v) is 8.94. The van der Waals surface area contributed by atoms with Gasteiger partial charge in [-0.3, -0.25) is 9.69 Å². The SMILES string of the molecule is CCCN1C(=O)N(C)C(=O)C2C(c3ccc(F)cc3)C3=C(COC3=O)NC21. The van der Waals surface area contributed by atoms with Gasteiger partial charge in [0.1, 0.15) is 18.6 Å². The summed E-state index contributed by atoms with van der Waals surface area (Å²) in [5.41, 5.74) is 1.61. The largest absolute Gasteiger partial charge is 0.456 e. The number of rotatable bonds is 3. The molecule has 1 N–H and O–H groups in total. The van der Waals surface area contributed by atoms with Crippen LogP contribution in [0.4, 0.5) is 9.18 Å². The van der Waals surface area contributed by atoms with Gasteiger partial charge in [-0.05, 0) is 24.1 Å². The molecule has 3 amide bonds. The molecule has 1 saturated heterocycles. The third kappa shape index (κ3) is 2.58. The number of esters is 1. The number of imide groups is 1. The van der Waals surface area contributed by atoms with Crippen LogP contribution in [0.2, 0.25) is 0 Å². The topological polar surface area (TPSA) is 79.0 Å². The number of nitrogens with one attached hydrogen (secondary N) is 1. The van der Waals surface area contributed by atoms with E-state index in [1.54, 1.807) is 17.0 Å². The summed E-state index contributed by atoms with van der Waals surface area (Å²) in [6, 6.07) is 5.39. The number of hydrogen-bond acceptors (Lipinski definition) is 5. The van der Waals surface area contributed by atoms with E-state index >= 15 is 0 Å². The summed E-state index contributed by atoms with van der Waals surface area (Å²) in [5.74, 6) is -2.56. The minimum atomic E-state index is -0.700. The van der Waals surface area contributed by atoms with Crippen molar-refractivity contribution < 1.29 is 23.5 Å². The zero-order valence-electron chi connectivity index (χ0n) is 15.1. The molecule has 142 valence electrons. The highest BCUT2D eigenvalue weighted by atomic mass is 19.1. The van der Waals surface area contributed by atoms with Crippen LogP contribution in [0.25, 0.3) is 0 Å². The van der Waals surface area contributed by atoms with Gasteiger partial charge in [0, 0.05) is 19.5 Å². The number of benzene rings is 1. The number of hydrogen-bond donors (Lipinski definition) is 1. The molecule has 0 bridgehead atoms. The number of urea groups is 1. The van der Waals surface area contributed by atoms with E-state index in [1.165, 1.54) is 19.2 Å². The van der Waals surface area contributed by atoms with Gasteiger partial charge in [-0.25, -0.2) is 14.0 Å². The van der Waals surface area contributed by atoms with Crippen molar-refractivity contribution in [3.8, 4) is 0 Å². The van der Waals surface area contributed by atoms with E-state index in [-0.39, 0.29) is 18.5 Å². The fourth-order valence-electron chi connectivity index (χ4n) is 4.18. The molecule has 0 aromatic heterocycles. The zero-order valence-corrected chi connectivity index (χ0v) is 15.1. The van der Waals surface area contributed by atoms with E-state index < -0.39 is 29.8 Å². The number of carbonyl (C=O) groups is 3. The van der Waals surface area contributed by atoms with Crippen LogP contribution in [0, 0.1) is 11.7 Å². The van der Waals surface area contributed by atoms with E-state index in [9.17, 15) is 18.8 Å². The smallest absolute Gasteiger partial charge is 0.336 e. The summed E-state index contributed by atoms with van der Waals surface area (Å²) in [6.07, 6.45) is 0.144. The molecular formula is C19H20FN3O4. The lowest BCUT2D eigenvalue weighted by Gasteiger charge is -2.49. The quantitative estimate of drug-likeness (QED) is 0.814. The van der Waals surface area contributed by atoms with Crippen molar-refractivity contribution in [3.63, 3.8) is 0 Å². The molecule has 4 rings (SSSR count). The summed E-state index contributed by atoms with van der Waals surface area (Å²) < 4.78 is 18.6. The summed E-state index contributed by atoms with van der Waals surface area (Å²) in [7, 11) is 1.45. The number of halogens is 1. The molecular weight excluding hydrogens is 353 g/mol. The monoisotopic (exact) mass is 373 g/mol. The molecule has 1 aromatic carbocycles. The lowest BCUT2D eigenvalue weighted by atomic mass is 9.74. The second-order valence-electron chi connectivity index (χ2n) is 6.99. The van der Waals surface area contributed by atoms with Crippen molar-refractivity contribution in [2.24, 2.45) is 5.92 Å². The Hall–Kier alpha value is -2.90. The Balaban J connectivity index is 1.87. The Kier molecular flexibility index (Phi) is 4.13. The van der Waals surface area contributed by atoms with E-state index in [0.29, 0.717) is 23.4 Å². The fourth-order valence-corrected chi connectivity index (χ4v) is 4.18. The van der Waals surface area contributed by atoms with Gasteiger partial charge < -0.3 is 15.0 Å². The molecule has 27 heavy (non-hydrogen) atoms. The third-order valence-corrected chi connectivity index (χ3v) is 5.40. The first-order valence-electron chi connectivity index (χ1n) is 8.94. The maximum atomic E-state index is 13.4. The van der Waals surface area contributed by atoms with Gasteiger partial charge in [0.15, 0.2) is 0 Å². The Bertz CT molecular complexity index is 851. The minimum absolute atomic E-state index is 0.0767. The van der Waals surface area contributed by atoms with Crippen LogP contribution in [-0.2, 0) is 14.3 Å². The average Bonchev–Trinajstić information content (AvgIpc) is 3.03. The summed E-state index contributed by atoms with van der Waals surface area (Å²) in [6.45, 7) is 2.50. The first-order chi connectivity index (χ1) is 12.9. The molecule has 3 unspecified atom stereocenters. The van der Waals surface area contributed by atoms with E-state index in [2.05, 4.69) is 5.32 Å². The number of amides is 3. The van der Waals surface area contributed by atoms with Crippen LogP contribution in [0.1, 0.15) is 24.8 Å². The van der Waals surface area contributed by atoms with Crippen LogP contribution < -0.4 is 5.32 Å². The van der Waals surface area contributed by atoms with Gasteiger partial charge in [0.25, 0.3) is 0 Å². The number of fused-ring (bicyclic) bond motifs is 1. The van der Waals surface area contributed by atoms with Crippen molar-refractivity contribution >= 4 is 17.9 Å². The van der Waals surface area contributed by atoms with Gasteiger partial charge in [0.05, 0.1) is 17.2 Å². The highest BCUT2D eigenvalue weighted by Gasteiger charge is 2.55. The Labute approximate surface area is 155 Å². The highest BCUT2D eigenvalue weighted by Crippen LogP contribution is 2.44. The predicted molar refractivity (Wildman–Crippen MR) is 92.7 cm³/mol. The van der Waals surface area contributed by atoms with Crippen molar-refractivity contribution in [3.05, 3.63) is 46.9 Å². The predicted octanol–water partition coefficient (Wildman–Crippen LogP) is 1.57. The molecule has 8 heteroatoms. The molecule has 3 aliphatic rings. The molecule has 7 nitrogen and oxygen atoms in total. The van der Waals surface area contributed by atoms with E-state index in [4.69, 9.17) is 4.74 Å². The number of carbonyl (C=O) groups excluding carboxylic acids is 3. The molecule has 0 radical (unpaired) electrons. The second-order valence-corrected chi connectivity index (χ2v) is 6.99. The van der Waals surface area contributed by atoms with Gasteiger partial charge in [-0.15, -0.1) is 0 Å². The summed E-state index contributed by atoms with van der Waals surface area (Å²) >= 11 is 0. The van der Waals surface area contributed by atoms with Crippen LogP contribution in [0.3, 0.4) is 0 Å². The maximum Gasteiger partial charge on any atom is 0.336 e. The van der Waals surface area contributed by atoms with Crippen molar-refractivity contribution in [1.82, 2.24) is 15.1 Å². The van der Waals surface area contributed by atoms with Gasteiger partial charge in [-0.2, -0.15) is 0 Å². The highest BCUT2D eigenvalue weighted by molar-refractivity contribution is 6.02. The third-order valence-electron chi connectivity index (χ3n) is 5.40. The molecule has 3 aliphatic heterocycles. The van der Waals surface area contributed by atoms with Crippen LogP contribution in [0.15, 0.2) is 35.5 Å². The molecule has 0 aliphatic carbocycles. The van der Waals surface area contributed by atoms with E-state index in [1.807, 2.05) is 6.92 Å². The lowest BCUT2D eigenvalue weighted by Crippen LogP contribution is -2.67. The van der Waals surface area contributed by atoms with E-state index in [0.717, 1.165) is 11.3 Å². The van der Waals surface area contributed by atoms with Gasteiger partial charge in [0.2, 0.25) is 5.91 Å². The molecule has 0 spiro atoms. The van der Waals surface area contributed by atoms with Crippen LogP contribution in [-0.4, -0.2) is 54.1 Å². The van der Waals surface area contributed by atoms with Crippen molar-refractivity contribution in [2.45, 2.75) is 25.4 Å². The molecule has 1 fully saturated rings. The van der Waals surface area contributed by atoms with Crippen molar-refractivity contribution in [1.29, 1.82) is 0 Å². The number of cyclic esters (lactones) is 1. The Morgan fingerprint density at radius 1 is 1.22 bits per heavy atom. The average molecular weight is 373 g/mol. The van der Waals surface area contributed by atoms with Gasteiger partial charge in [-0.1, -0.05) is 19.1 Å². The normalized spacial score (nSPS) is 27.4. The Morgan fingerprint density at radius 2 is 1.93 bits per heavy atom. The zero-order chi connectivity index (χ0) is 19.3.